The molecule has 0 saturated carbocycles. The van der Waals surface area contributed by atoms with Gasteiger partial charge in [-0.25, -0.2) is 13.6 Å². The van der Waals surface area contributed by atoms with Crippen molar-refractivity contribution in [2.24, 2.45) is 0 Å². The predicted molar refractivity (Wildman–Crippen MR) is 47.6 cm³/mol. The van der Waals surface area contributed by atoms with Crippen LogP contribution in [0, 0.1) is 29.8 Å². The molecule has 0 bridgehead atoms. The smallest absolute Gasteiger partial charge is 0.338 e. The molecule has 0 saturated heterocycles. The van der Waals surface area contributed by atoms with Crippen LogP contribution in [0.3, 0.4) is 0 Å². The highest BCUT2D eigenvalue weighted by Gasteiger charge is 2.23. The zero-order valence-electron chi connectivity index (χ0n) is 7.76. The van der Waals surface area contributed by atoms with E-state index in [1.165, 1.54) is 0 Å². The largest absolute Gasteiger partial charge is 0.478 e. The number of carboxylic acids is 1. The maximum atomic E-state index is 13.1. The van der Waals surface area contributed by atoms with Crippen LogP contribution in [0.4, 0.5) is 13.2 Å². The first-order chi connectivity index (χ1) is 7.49. The Morgan fingerprint density at radius 3 is 2.56 bits per heavy atom. The van der Waals surface area contributed by atoms with Crippen LogP contribution >= 0.6 is 0 Å². The zero-order valence-corrected chi connectivity index (χ0v) is 7.76. The lowest BCUT2D eigenvalue weighted by Crippen LogP contribution is -2.08. The lowest BCUT2D eigenvalue weighted by atomic mass is 10.2. The van der Waals surface area contributed by atoms with Crippen molar-refractivity contribution in [2.45, 2.75) is 0 Å². The maximum absolute atomic E-state index is 13.1. The van der Waals surface area contributed by atoms with Crippen molar-refractivity contribution in [1.82, 2.24) is 0 Å². The first-order valence-corrected chi connectivity index (χ1v) is 3.96. The summed E-state index contributed by atoms with van der Waals surface area (Å²) < 4.78 is 43.7. The molecule has 16 heavy (non-hydrogen) atoms. The van der Waals surface area contributed by atoms with Gasteiger partial charge in [-0.15, -0.1) is 6.42 Å². The molecule has 1 N–H and O–H groups in total. The summed E-state index contributed by atoms with van der Waals surface area (Å²) in [7, 11) is 0. The summed E-state index contributed by atoms with van der Waals surface area (Å²) in [6.45, 7) is -0.459. The number of benzene rings is 1. The van der Waals surface area contributed by atoms with E-state index in [0.717, 1.165) is 0 Å². The van der Waals surface area contributed by atoms with Gasteiger partial charge < -0.3 is 9.84 Å². The Morgan fingerprint density at radius 1 is 1.44 bits per heavy atom. The minimum absolute atomic E-state index is 0.326. The molecule has 0 amide bonds. The standard InChI is InChI=1S/C10H5F3O3/c1-2-3-16-9-6(11)4-5(10(14)15)7(12)8(9)13/h1,4H,3H2,(H,14,15). The van der Waals surface area contributed by atoms with E-state index in [1.54, 1.807) is 0 Å². The van der Waals surface area contributed by atoms with Crippen molar-refractivity contribution in [3.8, 4) is 18.1 Å². The van der Waals surface area contributed by atoms with E-state index in [2.05, 4.69) is 4.74 Å². The van der Waals surface area contributed by atoms with Gasteiger partial charge in [-0.1, -0.05) is 5.92 Å². The molecule has 0 fully saturated rings. The van der Waals surface area contributed by atoms with Crippen molar-refractivity contribution < 1.29 is 27.8 Å². The minimum atomic E-state index is -1.78. The van der Waals surface area contributed by atoms with Crippen LogP contribution in [-0.2, 0) is 0 Å². The highest BCUT2D eigenvalue weighted by Crippen LogP contribution is 2.26. The van der Waals surface area contributed by atoms with Crippen LogP contribution in [0.15, 0.2) is 6.07 Å². The summed E-state index contributed by atoms with van der Waals surface area (Å²) in [5.74, 6) is -5.61. The molecule has 0 aliphatic rings. The summed E-state index contributed by atoms with van der Waals surface area (Å²) in [5.41, 5.74) is -1.11. The maximum Gasteiger partial charge on any atom is 0.338 e. The number of terminal acetylenes is 1. The third-order valence-corrected chi connectivity index (χ3v) is 1.65. The van der Waals surface area contributed by atoms with Gasteiger partial charge in [-0.2, -0.15) is 4.39 Å². The van der Waals surface area contributed by atoms with E-state index in [1.807, 2.05) is 5.92 Å². The second-order valence-electron chi connectivity index (χ2n) is 2.66. The molecule has 0 aliphatic heterocycles. The molecule has 3 nitrogen and oxygen atoms in total. The molecular formula is C10H5F3O3. The Hall–Kier alpha value is -2.16. The van der Waals surface area contributed by atoms with Crippen LogP contribution in [0.2, 0.25) is 0 Å². The monoisotopic (exact) mass is 230 g/mol. The first kappa shape index (κ1) is 11.9. The fourth-order valence-corrected chi connectivity index (χ4v) is 0.980. The summed E-state index contributed by atoms with van der Waals surface area (Å²) in [6.07, 6.45) is 4.78. The molecular weight excluding hydrogens is 225 g/mol. The van der Waals surface area contributed by atoms with Crippen molar-refractivity contribution in [3.63, 3.8) is 0 Å². The molecule has 0 aliphatic carbocycles. The number of aromatic carboxylic acids is 1. The number of hydrogen-bond acceptors (Lipinski definition) is 2. The van der Waals surface area contributed by atoms with Crippen molar-refractivity contribution in [2.75, 3.05) is 6.61 Å². The third-order valence-electron chi connectivity index (χ3n) is 1.65. The lowest BCUT2D eigenvalue weighted by Gasteiger charge is -2.07. The topological polar surface area (TPSA) is 46.5 Å². The SMILES string of the molecule is C#CCOc1c(F)cc(C(=O)O)c(F)c1F. The van der Waals surface area contributed by atoms with Crippen molar-refractivity contribution >= 4 is 5.97 Å². The molecule has 0 aromatic heterocycles. The second-order valence-corrected chi connectivity index (χ2v) is 2.66. The van der Waals surface area contributed by atoms with Crippen LogP contribution in [-0.4, -0.2) is 17.7 Å². The normalized spacial score (nSPS) is 9.62. The van der Waals surface area contributed by atoms with Gasteiger partial charge in [-0.05, 0) is 6.07 Å². The third kappa shape index (κ3) is 2.08. The van der Waals surface area contributed by atoms with Crippen molar-refractivity contribution in [3.05, 3.63) is 29.1 Å². The Kier molecular flexibility index (Phi) is 3.40. The van der Waals surface area contributed by atoms with E-state index in [0.29, 0.717) is 6.07 Å². The minimum Gasteiger partial charge on any atom is -0.478 e. The quantitative estimate of drug-likeness (QED) is 0.636. The molecule has 0 unspecified atom stereocenters. The number of halogens is 3. The number of carbonyl (C=O) groups is 1. The van der Waals surface area contributed by atoms with Gasteiger partial charge >= 0.3 is 5.97 Å². The number of hydrogen-bond donors (Lipinski definition) is 1. The first-order valence-electron chi connectivity index (χ1n) is 3.96. The average molecular weight is 230 g/mol. The average Bonchev–Trinajstić information content (AvgIpc) is 2.23. The fourth-order valence-electron chi connectivity index (χ4n) is 0.980. The van der Waals surface area contributed by atoms with E-state index in [4.69, 9.17) is 11.5 Å². The summed E-state index contributed by atoms with van der Waals surface area (Å²) >= 11 is 0. The molecule has 84 valence electrons. The van der Waals surface area contributed by atoms with E-state index < -0.39 is 41.3 Å². The second kappa shape index (κ2) is 4.57. The number of carboxylic acid groups (broad SMARTS) is 1. The van der Waals surface area contributed by atoms with Gasteiger partial charge in [0.1, 0.15) is 12.2 Å². The van der Waals surface area contributed by atoms with Gasteiger partial charge in [-0.3, -0.25) is 0 Å². The van der Waals surface area contributed by atoms with Crippen LogP contribution in [0.5, 0.6) is 5.75 Å². The van der Waals surface area contributed by atoms with Gasteiger partial charge in [0, 0.05) is 0 Å². The molecule has 0 atom stereocenters. The molecule has 0 spiro atoms. The van der Waals surface area contributed by atoms with E-state index >= 15 is 0 Å². The summed E-state index contributed by atoms with van der Waals surface area (Å²) in [4.78, 5) is 10.4. The Balaban J connectivity index is 3.29. The summed E-state index contributed by atoms with van der Waals surface area (Å²) in [6, 6.07) is 0.326. The highest BCUT2D eigenvalue weighted by molar-refractivity contribution is 5.88. The van der Waals surface area contributed by atoms with Crippen LogP contribution in [0.1, 0.15) is 10.4 Å². The molecule has 6 heteroatoms. The highest BCUT2D eigenvalue weighted by atomic mass is 19.2. The van der Waals surface area contributed by atoms with Gasteiger partial charge in [0.25, 0.3) is 0 Å². The summed E-state index contributed by atoms with van der Waals surface area (Å²) in [5, 5.41) is 8.44. The Morgan fingerprint density at radius 2 is 2.06 bits per heavy atom. The Bertz CT molecular complexity index is 477. The fraction of sp³-hybridized carbons (Fsp3) is 0.100. The predicted octanol–water partition coefficient (Wildman–Crippen LogP) is 1.81. The molecule has 1 rings (SSSR count). The molecule has 1 aromatic rings. The molecule has 0 radical (unpaired) electrons. The van der Waals surface area contributed by atoms with Gasteiger partial charge in [0.05, 0.1) is 0 Å². The van der Waals surface area contributed by atoms with Crippen LogP contribution in [0.25, 0.3) is 0 Å². The van der Waals surface area contributed by atoms with Gasteiger partial charge in [0.15, 0.2) is 17.4 Å². The van der Waals surface area contributed by atoms with E-state index in [9.17, 15) is 18.0 Å². The van der Waals surface area contributed by atoms with Crippen LogP contribution < -0.4 is 4.74 Å². The van der Waals surface area contributed by atoms with Crippen molar-refractivity contribution in [1.29, 1.82) is 0 Å². The van der Waals surface area contributed by atoms with Gasteiger partial charge in [0.2, 0.25) is 5.82 Å². The number of ether oxygens (including phenoxy) is 1. The Labute approximate surface area is 88.5 Å². The number of rotatable bonds is 3. The molecule has 0 heterocycles. The van der Waals surface area contributed by atoms with E-state index in [-0.39, 0.29) is 0 Å². The lowest BCUT2D eigenvalue weighted by molar-refractivity contribution is 0.0689. The zero-order chi connectivity index (χ0) is 12.3. The molecule has 1 aromatic carbocycles.